The molecule has 1 aromatic heterocycles. The predicted molar refractivity (Wildman–Crippen MR) is 88.4 cm³/mol. The van der Waals surface area contributed by atoms with Crippen molar-refractivity contribution in [2.24, 2.45) is 0 Å². The Kier molecular flexibility index (Phi) is 7.13. The van der Waals surface area contributed by atoms with Crippen molar-refractivity contribution in [3.05, 3.63) is 30.1 Å². The summed E-state index contributed by atoms with van der Waals surface area (Å²) in [5.74, 6) is 0. The van der Waals surface area contributed by atoms with Crippen LogP contribution >= 0.6 is 0 Å². The molecular formula is C17H30N4. The highest BCUT2D eigenvalue weighted by Crippen LogP contribution is 2.22. The summed E-state index contributed by atoms with van der Waals surface area (Å²) in [5, 5.41) is 3.44. The SMILES string of the molecule is CCCN(CCC)C(CN1CCNCC1)c1ccncc1. The molecule has 4 heteroatoms. The minimum atomic E-state index is 0.492. The molecule has 1 N–H and O–H groups in total. The van der Waals surface area contributed by atoms with Gasteiger partial charge in [0.1, 0.15) is 0 Å². The number of piperazine rings is 1. The van der Waals surface area contributed by atoms with E-state index in [1.807, 2.05) is 12.4 Å². The zero-order valence-corrected chi connectivity index (χ0v) is 13.6. The van der Waals surface area contributed by atoms with E-state index in [-0.39, 0.29) is 0 Å². The fourth-order valence-electron chi connectivity index (χ4n) is 3.15. The average molecular weight is 290 g/mol. The Hall–Kier alpha value is -0.970. The first-order valence-electron chi connectivity index (χ1n) is 8.42. The third-order valence-corrected chi connectivity index (χ3v) is 4.19. The predicted octanol–water partition coefficient (Wildman–Crippen LogP) is 2.15. The summed E-state index contributed by atoms with van der Waals surface area (Å²) in [4.78, 5) is 9.43. The molecule has 1 atom stereocenters. The molecule has 0 aliphatic carbocycles. The second-order valence-electron chi connectivity index (χ2n) is 5.88. The number of nitrogens with zero attached hydrogens (tertiary/aromatic N) is 3. The molecule has 118 valence electrons. The molecule has 0 amide bonds. The van der Waals surface area contributed by atoms with Crippen LogP contribution in [0.25, 0.3) is 0 Å². The zero-order valence-electron chi connectivity index (χ0n) is 13.6. The molecule has 0 spiro atoms. The zero-order chi connectivity index (χ0) is 14.9. The number of pyridine rings is 1. The summed E-state index contributed by atoms with van der Waals surface area (Å²) in [6.07, 6.45) is 6.28. The molecule has 21 heavy (non-hydrogen) atoms. The molecule has 2 heterocycles. The average Bonchev–Trinajstić information content (AvgIpc) is 2.54. The van der Waals surface area contributed by atoms with Crippen molar-refractivity contribution in [2.45, 2.75) is 32.7 Å². The number of rotatable bonds is 8. The molecule has 1 unspecified atom stereocenters. The van der Waals surface area contributed by atoms with Crippen molar-refractivity contribution >= 4 is 0 Å². The Balaban J connectivity index is 2.11. The van der Waals surface area contributed by atoms with Crippen molar-refractivity contribution < 1.29 is 0 Å². The minimum Gasteiger partial charge on any atom is -0.314 e. The minimum absolute atomic E-state index is 0.492. The van der Waals surface area contributed by atoms with Crippen LogP contribution < -0.4 is 5.32 Å². The molecule has 0 aromatic carbocycles. The quantitative estimate of drug-likeness (QED) is 0.795. The fourth-order valence-corrected chi connectivity index (χ4v) is 3.15. The van der Waals surface area contributed by atoms with Gasteiger partial charge in [0.05, 0.1) is 0 Å². The summed E-state index contributed by atoms with van der Waals surface area (Å²) < 4.78 is 0. The van der Waals surface area contributed by atoms with Crippen molar-refractivity contribution in [2.75, 3.05) is 45.8 Å². The van der Waals surface area contributed by atoms with Gasteiger partial charge in [0, 0.05) is 51.2 Å². The van der Waals surface area contributed by atoms with Gasteiger partial charge in [-0.05, 0) is 43.6 Å². The molecule has 0 radical (unpaired) electrons. The van der Waals surface area contributed by atoms with E-state index in [2.05, 4.69) is 46.1 Å². The van der Waals surface area contributed by atoms with Crippen LogP contribution in [0.3, 0.4) is 0 Å². The van der Waals surface area contributed by atoms with E-state index >= 15 is 0 Å². The molecular weight excluding hydrogens is 260 g/mol. The molecule has 0 saturated carbocycles. The third-order valence-electron chi connectivity index (χ3n) is 4.19. The highest BCUT2D eigenvalue weighted by atomic mass is 15.2. The summed E-state index contributed by atoms with van der Waals surface area (Å²) in [5.41, 5.74) is 1.41. The highest BCUT2D eigenvalue weighted by molar-refractivity contribution is 5.16. The summed E-state index contributed by atoms with van der Waals surface area (Å²) >= 11 is 0. The lowest BCUT2D eigenvalue weighted by atomic mass is 10.0. The van der Waals surface area contributed by atoms with Crippen molar-refractivity contribution in [1.29, 1.82) is 0 Å². The number of aromatic nitrogens is 1. The summed E-state index contributed by atoms with van der Waals surface area (Å²) in [7, 11) is 0. The molecule has 1 saturated heterocycles. The third kappa shape index (κ3) is 5.06. The molecule has 4 nitrogen and oxygen atoms in total. The summed E-state index contributed by atoms with van der Waals surface area (Å²) in [6, 6.07) is 4.86. The van der Waals surface area contributed by atoms with Gasteiger partial charge in [-0.15, -0.1) is 0 Å². The highest BCUT2D eigenvalue weighted by Gasteiger charge is 2.23. The van der Waals surface area contributed by atoms with Crippen LogP contribution in [0.1, 0.15) is 38.3 Å². The van der Waals surface area contributed by atoms with Gasteiger partial charge in [0.15, 0.2) is 0 Å². The van der Waals surface area contributed by atoms with Crippen molar-refractivity contribution in [3.8, 4) is 0 Å². The van der Waals surface area contributed by atoms with E-state index in [1.165, 1.54) is 31.5 Å². The van der Waals surface area contributed by atoms with Gasteiger partial charge in [0.25, 0.3) is 0 Å². The number of hydrogen-bond acceptors (Lipinski definition) is 4. The van der Waals surface area contributed by atoms with Crippen LogP contribution in [0.5, 0.6) is 0 Å². The fraction of sp³-hybridized carbons (Fsp3) is 0.706. The van der Waals surface area contributed by atoms with Crippen LogP contribution in [0, 0.1) is 0 Å². The van der Waals surface area contributed by atoms with Gasteiger partial charge >= 0.3 is 0 Å². The van der Waals surface area contributed by atoms with Gasteiger partial charge in [-0.3, -0.25) is 14.8 Å². The van der Waals surface area contributed by atoms with Gasteiger partial charge in [-0.2, -0.15) is 0 Å². The first kappa shape index (κ1) is 16.4. The van der Waals surface area contributed by atoms with Gasteiger partial charge < -0.3 is 5.32 Å². The first-order chi connectivity index (χ1) is 10.3. The lowest BCUT2D eigenvalue weighted by Crippen LogP contribution is -2.47. The Morgan fingerprint density at radius 3 is 2.33 bits per heavy atom. The Labute approximate surface area is 129 Å². The van der Waals surface area contributed by atoms with E-state index in [4.69, 9.17) is 0 Å². The van der Waals surface area contributed by atoms with E-state index in [1.54, 1.807) is 0 Å². The second kappa shape index (κ2) is 9.13. The molecule has 0 bridgehead atoms. The van der Waals surface area contributed by atoms with E-state index in [9.17, 15) is 0 Å². The molecule has 2 rings (SSSR count). The van der Waals surface area contributed by atoms with Crippen LogP contribution in [-0.2, 0) is 0 Å². The molecule has 1 aromatic rings. The molecule has 1 aliphatic heterocycles. The molecule has 1 aliphatic rings. The Bertz CT molecular complexity index is 370. The maximum absolute atomic E-state index is 4.18. The number of nitrogens with one attached hydrogen (secondary N) is 1. The monoisotopic (exact) mass is 290 g/mol. The normalized spacial score (nSPS) is 18.0. The van der Waals surface area contributed by atoms with Crippen LogP contribution in [0.15, 0.2) is 24.5 Å². The van der Waals surface area contributed by atoms with Crippen LogP contribution in [0.4, 0.5) is 0 Å². The maximum Gasteiger partial charge on any atom is 0.0476 e. The topological polar surface area (TPSA) is 31.4 Å². The van der Waals surface area contributed by atoms with Crippen LogP contribution in [-0.4, -0.2) is 60.6 Å². The molecule has 1 fully saturated rings. The Morgan fingerprint density at radius 1 is 1.14 bits per heavy atom. The maximum atomic E-state index is 4.18. The largest absolute Gasteiger partial charge is 0.314 e. The lowest BCUT2D eigenvalue weighted by molar-refractivity contribution is 0.129. The van der Waals surface area contributed by atoms with E-state index in [0.29, 0.717) is 6.04 Å². The van der Waals surface area contributed by atoms with Crippen LogP contribution in [0.2, 0.25) is 0 Å². The van der Waals surface area contributed by atoms with E-state index in [0.717, 1.165) is 32.7 Å². The smallest absolute Gasteiger partial charge is 0.0476 e. The van der Waals surface area contributed by atoms with Gasteiger partial charge in [-0.1, -0.05) is 13.8 Å². The standard InChI is InChI=1S/C17H30N4/c1-3-11-21(12-4-2)17(16-5-7-18-8-6-16)15-20-13-9-19-10-14-20/h5-8,17,19H,3-4,9-15H2,1-2H3. The lowest BCUT2D eigenvalue weighted by Gasteiger charge is -2.37. The summed E-state index contributed by atoms with van der Waals surface area (Å²) in [6.45, 7) is 12.6. The van der Waals surface area contributed by atoms with E-state index < -0.39 is 0 Å². The van der Waals surface area contributed by atoms with Crippen molar-refractivity contribution in [3.63, 3.8) is 0 Å². The Morgan fingerprint density at radius 2 is 1.76 bits per heavy atom. The number of hydrogen-bond donors (Lipinski definition) is 1. The second-order valence-corrected chi connectivity index (χ2v) is 5.88. The van der Waals surface area contributed by atoms with Crippen molar-refractivity contribution in [1.82, 2.24) is 20.1 Å². The van der Waals surface area contributed by atoms with Gasteiger partial charge in [-0.25, -0.2) is 0 Å². The van der Waals surface area contributed by atoms with Gasteiger partial charge in [0.2, 0.25) is 0 Å². The first-order valence-corrected chi connectivity index (χ1v) is 8.42.